The number of methoxy groups -OCH3 is 1. The van der Waals surface area contributed by atoms with Crippen LogP contribution in [0, 0.1) is 0 Å². The van der Waals surface area contributed by atoms with E-state index < -0.39 is 0 Å². The maximum absolute atomic E-state index is 12.6. The molecule has 0 spiro atoms. The third kappa shape index (κ3) is 4.21. The van der Waals surface area contributed by atoms with E-state index in [-0.39, 0.29) is 25.2 Å². The first-order valence-corrected chi connectivity index (χ1v) is 8.22. The Morgan fingerprint density at radius 3 is 2.52 bits per heavy atom. The summed E-state index contributed by atoms with van der Waals surface area (Å²) in [6.45, 7) is 3.08. The van der Waals surface area contributed by atoms with Crippen LogP contribution in [0.4, 0.5) is 0 Å². The fraction of sp³-hybridized carbons (Fsp3) is 0.529. The predicted octanol–water partition coefficient (Wildman–Crippen LogP) is 0.363. The second-order valence-electron chi connectivity index (χ2n) is 5.79. The molecule has 2 aliphatic heterocycles. The number of piperazine rings is 1. The second kappa shape index (κ2) is 8.17. The summed E-state index contributed by atoms with van der Waals surface area (Å²) in [7, 11) is 1.58. The van der Waals surface area contributed by atoms with Crippen molar-refractivity contribution in [1.82, 2.24) is 9.80 Å². The van der Waals surface area contributed by atoms with E-state index in [2.05, 4.69) is 0 Å². The molecule has 1 saturated heterocycles. The van der Waals surface area contributed by atoms with Crippen molar-refractivity contribution >= 4 is 11.8 Å². The number of benzene rings is 1. The van der Waals surface area contributed by atoms with Crippen molar-refractivity contribution in [3.05, 3.63) is 23.8 Å². The standard InChI is InChI=1S/C17H22N2O6/c1-22-8-9-23-11-16(20)18-4-6-19(7-5-18)17(21)13-2-3-14-15(10-13)25-12-24-14/h2-3,10H,4-9,11-12H2,1H3. The van der Waals surface area contributed by atoms with Crippen molar-refractivity contribution in [2.45, 2.75) is 0 Å². The Kier molecular flexibility index (Phi) is 5.72. The second-order valence-corrected chi connectivity index (χ2v) is 5.79. The molecule has 2 amide bonds. The van der Waals surface area contributed by atoms with Gasteiger partial charge in [0.05, 0.1) is 13.2 Å². The molecule has 2 heterocycles. The normalized spacial score (nSPS) is 16.2. The average Bonchev–Trinajstić information content (AvgIpc) is 3.12. The number of carbonyl (C=O) groups excluding carboxylic acids is 2. The van der Waals surface area contributed by atoms with Crippen LogP contribution in [0.1, 0.15) is 10.4 Å². The van der Waals surface area contributed by atoms with E-state index in [4.69, 9.17) is 18.9 Å². The molecule has 8 heteroatoms. The molecule has 0 atom stereocenters. The first kappa shape index (κ1) is 17.5. The first-order chi connectivity index (χ1) is 12.2. The maximum atomic E-state index is 12.6. The zero-order valence-corrected chi connectivity index (χ0v) is 14.2. The SMILES string of the molecule is COCCOCC(=O)N1CCN(C(=O)c2ccc3c(c2)OCO3)CC1. The number of rotatable bonds is 6. The molecule has 1 aromatic rings. The number of hydrogen-bond donors (Lipinski definition) is 0. The minimum atomic E-state index is -0.0678. The topological polar surface area (TPSA) is 77.5 Å². The Bertz CT molecular complexity index is 628. The Morgan fingerprint density at radius 2 is 1.76 bits per heavy atom. The minimum Gasteiger partial charge on any atom is -0.454 e. The lowest BCUT2D eigenvalue weighted by atomic mass is 10.1. The van der Waals surface area contributed by atoms with E-state index in [1.165, 1.54) is 0 Å². The van der Waals surface area contributed by atoms with Crippen LogP contribution in [0.15, 0.2) is 18.2 Å². The zero-order chi connectivity index (χ0) is 17.6. The molecule has 0 unspecified atom stereocenters. The Labute approximate surface area is 146 Å². The number of fused-ring (bicyclic) bond motifs is 1. The van der Waals surface area contributed by atoms with Gasteiger partial charge >= 0.3 is 0 Å². The van der Waals surface area contributed by atoms with Gasteiger partial charge < -0.3 is 28.7 Å². The number of nitrogens with zero attached hydrogens (tertiary/aromatic N) is 2. The van der Waals surface area contributed by atoms with Gasteiger partial charge in [-0.05, 0) is 18.2 Å². The van der Waals surface area contributed by atoms with E-state index in [1.54, 1.807) is 35.1 Å². The van der Waals surface area contributed by atoms with Crippen LogP contribution in [0.3, 0.4) is 0 Å². The van der Waals surface area contributed by atoms with Crippen LogP contribution in [0.2, 0.25) is 0 Å². The summed E-state index contributed by atoms with van der Waals surface area (Å²) in [4.78, 5) is 28.1. The highest BCUT2D eigenvalue weighted by Crippen LogP contribution is 2.32. The van der Waals surface area contributed by atoms with E-state index in [0.29, 0.717) is 56.5 Å². The van der Waals surface area contributed by atoms with Crippen LogP contribution in [0.25, 0.3) is 0 Å². The Hall–Kier alpha value is -2.32. The molecule has 1 fully saturated rings. The van der Waals surface area contributed by atoms with Crippen LogP contribution < -0.4 is 9.47 Å². The monoisotopic (exact) mass is 350 g/mol. The molecule has 3 rings (SSSR count). The highest BCUT2D eigenvalue weighted by molar-refractivity contribution is 5.95. The van der Waals surface area contributed by atoms with Gasteiger partial charge in [-0.15, -0.1) is 0 Å². The van der Waals surface area contributed by atoms with Crippen LogP contribution >= 0.6 is 0 Å². The van der Waals surface area contributed by atoms with E-state index in [0.717, 1.165) is 0 Å². The minimum absolute atomic E-state index is 0.0411. The van der Waals surface area contributed by atoms with E-state index in [9.17, 15) is 9.59 Å². The quantitative estimate of drug-likeness (QED) is 0.690. The molecule has 0 saturated carbocycles. The highest BCUT2D eigenvalue weighted by Gasteiger charge is 2.26. The van der Waals surface area contributed by atoms with E-state index >= 15 is 0 Å². The summed E-state index contributed by atoms with van der Waals surface area (Å²) in [5.41, 5.74) is 0.562. The summed E-state index contributed by atoms with van der Waals surface area (Å²) in [6.07, 6.45) is 0. The number of carbonyl (C=O) groups is 2. The molecule has 2 aliphatic rings. The Morgan fingerprint density at radius 1 is 1.04 bits per heavy atom. The third-order valence-electron chi connectivity index (χ3n) is 4.20. The predicted molar refractivity (Wildman–Crippen MR) is 87.7 cm³/mol. The van der Waals surface area contributed by atoms with Crippen molar-refractivity contribution in [3.63, 3.8) is 0 Å². The molecule has 25 heavy (non-hydrogen) atoms. The van der Waals surface area contributed by atoms with Crippen molar-refractivity contribution in [2.75, 3.05) is 59.9 Å². The van der Waals surface area contributed by atoms with Gasteiger partial charge in [0.25, 0.3) is 5.91 Å². The van der Waals surface area contributed by atoms with Crippen molar-refractivity contribution < 1.29 is 28.5 Å². The highest BCUT2D eigenvalue weighted by atomic mass is 16.7. The largest absolute Gasteiger partial charge is 0.454 e. The van der Waals surface area contributed by atoms with Gasteiger partial charge in [0, 0.05) is 38.9 Å². The lowest BCUT2D eigenvalue weighted by Gasteiger charge is -2.34. The molecule has 0 aliphatic carbocycles. The van der Waals surface area contributed by atoms with Crippen molar-refractivity contribution in [2.24, 2.45) is 0 Å². The average molecular weight is 350 g/mol. The van der Waals surface area contributed by atoms with Gasteiger partial charge in [0.1, 0.15) is 6.61 Å². The molecule has 136 valence electrons. The Balaban J connectivity index is 1.48. The number of ether oxygens (including phenoxy) is 4. The van der Waals surface area contributed by atoms with Crippen LogP contribution in [-0.4, -0.2) is 81.5 Å². The van der Waals surface area contributed by atoms with Gasteiger partial charge in [0.2, 0.25) is 12.7 Å². The number of hydrogen-bond acceptors (Lipinski definition) is 6. The van der Waals surface area contributed by atoms with E-state index in [1.807, 2.05) is 0 Å². The van der Waals surface area contributed by atoms with Gasteiger partial charge in [-0.25, -0.2) is 0 Å². The molecule has 8 nitrogen and oxygen atoms in total. The fourth-order valence-corrected chi connectivity index (χ4v) is 2.76. The molecular weight excluding hydrogens is 328 g/mol. The van der Waals surface area contributed by atoms with Gasteiger partial charge in [0.15, 0.2) is 11.5 Å². The number of amides is 2. The fourth-order valence-electron chi connectivity index (χ4n) is 2.76. The summed E-state index contributed by atoms with van der Waals surface area (Å²) in [6, 6.07) is 5.18. The molecule has 0 bridgehead atoms. The zero-order valence-electron chi connectivity index (χ0n) is 14.2. The summed E-state index contributed by atoms with van der Waals surface area (Å²) >= 11 is 0. The molecule has 0 N–H and O–H groups in total. The third-order valence-corrected chi connectivity index (χ3v) is 4.20. The smallest absolute Gasteiger partial charge is 0.254 e. The first-order valence-electron chi connectivity index (χ1n) is 8.22. The van der Waals surface area contributed by atoms with Gasteiger partial charge in [-0.2, -0.15) is 0 Å². The van der Waals surface area contributed by atoms with Gasteiger partial charge in [-0.1, -0.05) is 0 Å². The molecular formula is C17H22N2O6. The molecule has 1 aromatic carbocycles. The lowest BCUT2D eigenvalue weighted by molar-refractivity contribution is -0.138. The summed E-state index contributed by atoms with van der Waals surface area (Å²) < 4.78 is 20.7. The molecule has 0 radical (unpaired) electrons. The maximum Gasteiger partial charge on any atom is 0.254 e. The van der Waals surface area contributed by atoms with Crippen molar-refractivity contribution in [1.29, 1.82) is 0 Å². The summed E-state index contributed by atoms with van der Waals surface area (Å²) in [5, 5.41) is 0. The van der Waals surface area contributed by atoms with Crippen LogP contribution in [0.5, 0.6) is 11.5 Å². The van der Waals surface area contributed by atoms with Gasteiger partial charge in [-0.3, -0.25) is 9.59 Å². The summed E-state index contributed by atoms with van der Waals surface area (Å²) in [5.74, 6) is 1.11. The molecule has 0 aromatic heterocycles. The van der Waals surface area contributed by atoms with Crippen LogP contribution in [-0.2, 0) is 14.3 Å². The van der Waals surface area contributed by atoms with Crippen molar-refractivity contribution in [3.8, 4) is 11.5 Å². The lowest BCUT2D eigenvalue weighted by Crippen LogP contribution is -2.51.